The number of nitrogens with one attached hydrogen (secondary N) is 4. The maximum Gasteiger partial charge on any atom is 0.318 e. The first kappa shape index (κ1) is 30.5. The largest absolute Gasteiger partial charge is 0.394 e. The molecule has 1 aromatic carbocycles. The third kappa shape index (κ3) is 6.11. The minimum atomic E-state index is -1.05. The fourth-order valence-corrected chi connectivity index (χ4v) is 6.85. The van der Waals surface area contributed by atoms with E-state index < -0.39 is 17.5 Å². The van der Waals surface area contributed by atoms with E-state index in [1.165, 1.54) is 10.9 Å². The lowest BCUT2D eigenvalue weighted by Gasteiger charge is -2.36. The van der Waals surface area contributed by atoms with Gasteiger partial charge in [-0.05, 0) is 54.0 Å². The van der Waals surface area contributed by atoms with Crippen LogP contribution in [0.15, 0.2) is 30.5 Å². The number of benzene rings is 1. The first-order valence-corrected chi connectivity index (χ1v) is 15.3. The Morgan fingerprint density at radius 3 is 2.53 bits per heavy atom. The highest BCUT2D eigenvalue weighted by Crippen LogP contribution is 2.38. The SMILES string of the molecule is CNC(=O)C1(N2C[C@@H](C(C)C)NC2=O)Cc2ccc(NC(=O)[C@@H](NC(=O)c3ccnn3CCO)C3CCCCC3)cc2C1. The smallest absolute Gasteiger partial charge is 0.318 e. The van der Waals surface area contributed by atoms with Gasteiger partial charge < -0.3 is 31.3 Å². The van der Waals surface area contributed by atoms with Crippen LogP contribution in [0.25, 0.3) is 0 Å². The normalized spacial score (nSPS) is 22.7. The lowest BCUT2D eigenvalue weighted by Crippen LogP contribution is -2.60. The number of amides is 5. The number of carbonyl (C=O) groups excluding carboxylic acids is 4. The average Bonchev–Trinajstić information content (AvgIpc) is 3.73. The molecule has 12 nitrogen and oxygen atoms in total. The summed E-state index contributed by atoms with van der Waals surface area (Å²) < 4.78 is 1.42. The van der Waals surface area contributed by atoms with E-state index in [1.54, 1.807) is 18.0 Å². The van der Waals surface area contributed by atoms with Crippen LogP contribution in [-0.4, -0.2) is 81.4 Å². The highest BCUT2D eigenvalue weighted by Gasteiger charge is 2.53. The lowest BCUT2D eigenvalue weighted by atomic mass is 9.83. The lowest BCUT2D eigenvalue weighted by molar-refractivity contribution is -0.130. The van der Waals surface area contributed by atoms with Crippen molar-refractivity contribution in [1.29, 1.82) is 0 Å². The van der Waals surface area contributed by atoms with E-state index in [4.69, 9.17) is 0 Å². The molecule has 3 atom stereocenters. The minimum Gasteiger partial charge on any atom is -0.394 e. The van der Waals surface area contributed by atoms with Crippen molar-refractivity contribution in [1.82, 2.24) is 30.6 Å². The molecular weight excluding hydrogens is 550 g/mol. The number of urea groups is 1. The molecule has 12 heteroatoms. The molecule has 2 heterocycles. The molecule has 1 saturated carbocycles. The number of hydrogen-bond acceptors (Lipinski definition) is 6. The first-order valence-electron chi connectivity index (χ1n) is 15.3. The van der Waals surface area contributed by atoms with Crippen molar-refractivity contribution in [3.8, 4) is 0 Å². The number of hydrogen-bond donors (Lipinski definition) is 5. The molecule has 1 aliphatic heterocycles. The van der Waals surface area contributed by atoms with Crippen LogP contribution in [0.3, 0.4) is 0 Å². The van der Waals surface area contributed by atoms with Crippen LogP contribution in [0, 0.1) is 11.8 Å². The highest BCUT2D eigenvalue weighted by molar-refractivity contribution is 6.01. The van der Waals surface area contributed by atoms with Crippen molar-refractivity contribution in [2.24, 2.45) is 11.8 Å². The van der Waals surface area contributed by atoms with E-state index in [9.17, 15) is 24.3 Å². The van der Waals surface area contributed by atoms with Gasteiger partial charge in [0.2, 0.25) is 11.8 Å². The number of aromatic nitrogens is 2. The zero-order chi connectivity index (χ0) is 30.7. The van der Waals surface area contributed by atoms with Crippen molar-refractivity contribution < 1.29 is 24.3 Å². The van der Waals surface area contributed by atoms with Gasteiger partial charge in [0.25, 0.3) is 5.91 Å². The first-order chi connectivity index (χ1) is 20.7. The summed E-state index contributed by atoms with van der Waals surface area (Å²) in [6, 6.07) is 6.15. The van der Waals surface area contributed by atoms with Crippen LogP contribution < -0.4 is 21.3 Å². The van der Waals surface area contributed by atoms with Crippen LogP contribution in [-0.2, 0) is 29.0 Å². The topological polar surface area (TPSA) is 158 Å². The molecule has 232 valence electrons. The third-order valence-electron chi connectivity index (χ3n) is 9.30. The summed E-state index contributed by atoms with van der Waals surface area (Å²) in [5, 5.41) is 25.2. The second-order valence-electron chi connectivity index (χ2n) is 12.4. The minimum absolute atomic E-state index is 0.00942. The molecule has 2 aromatic rings. The van der Waals surface area contributed by atoms with Gasteiger partial charge in [0, 0.05) is 38.3 Å². The van der Waals surface area contributed by atoms with Gasteiger partial charge in [-0.1, -0.05) is 39.2 Å². The highest BCUT2D eigenvalue weighted by atomic mass is 16.3. The Morgan fingerprint density at radius 1 is 1.12 bits per heavy atom. The second-order valence-corrected chi connectivity index (χ2v) is 12.4. The maximum atomic E-state index is 13.7. The Bertz CT molecular complexity index is 1370. The average molecular weight is 594 g/mol. The Balaban J connectivity index is 1.35. The van der Waals surface area contributed by atoms with Gasteiger partial charge in [-0.15, -0.1) is 0 Å². The zero-order valence-corrected chi connectivity index (χ0v) is 25.2. The van der Waals surface area contributed by atoms with Gasteiger partial charge >= 0.3 is 6.03 Å². The summed E-state index contributed by atoms with van der Waals surface area (Å²) in [5.41, 5.74) is 1.66. The zero-order valence-electron chi connectivity index (χ0n) is 25.2. The predicted octanol–water partition coefficient (Wildman–Crippen LogP) is 1.83. The summed E-state index contributed by atoms with van der Waals surface area (Å²) in [5.74, 6) is -0.708. The Labute approximate surface area is 252 Å². The third-order valence-corrected chi connectivity index (χ3v) is 9.30. The molecule has 1 saturated heterocycles. The van der Waals surface area contributed by atoms with E-state index in [-0.39, 0.29) is 54.6 Å². The number of rotatable bonds is 10. The van der Waals surface area contributed by atoms with Gasteiger partial charge in [-0.3, -0.25) is 19.1 Å². The Kier molecular flexibility index (Phi) is 9.05. The van der Waals surface area contributed by atoms with Crippen molar-refractivity contribution in [2.45, 2.75) is 83.0 Å². The molecule has 5 N–H and O–H groups in total. The van der Waals surface area contributed by atoms with Crippen molar-refractivity contribution in [2.75, 3.05) is 25.5 Å². The molecule has 2 fully saturated rings. The summed E-state index contributed by atoms with van der Waals surface area (Å²) >= 11 is 0. The number of aliphatic hydroxyl groups is 1. The molecule has 0 bridgehead atoms. The number of carbonyl (C=O) groups is 4. The summed E-state index contributed by atoms with van der Waals surface area (Å²) in [6.07, 6.45) is 6.98. The van der Waals surface area contributed by atoms with Crippen LogP contribution in [0.5, 0.6) is 0 Å². The fourth-order valence-electron chi connectivity index (χ4n) is 6.85. The van der Waals surface area contributed by atoms with Gasteiger partial charge in [0.15, 0.2) is 0 Å². The van der Waals surface area contributed by atoms with Gasteiger partial charge in [-0.25, -0.2) is 4.79 Å². The van der Waals surface area contributed by atoms with Gasteiger partial charge in [0.05, 0.1) is 19.2 Å². The number of fused-ring (bicyclic) bond motifs is 1. The van der Waals surface area contributed by atoms with E-state index in [1.807, 2.05) is 32.0 Å². The van der Waals surface area contributed by atoms with Crippen molar-refractivity contribution in [3.63, 3.8) is 0 Å². The Hall–Kier alpha value is -3.93. The van der Waals surface area contributed by atoms with Crippen molar-refractivity contribution >= 4 is 29.4 Å². The van der Waals surface area contributed by atoms with E-state index in [0.29, 0.717) is 25.1 Å². The molecule has 2 aliphatic carbocycles. The molecule has 1 unspecified atom stereocenters. The monoisotopic (exact) mass is 593 g/mol. The molecular formula is C31H43N7O5. The van der Waals surface area contributed by atoms with E-state index in [2.05, 4.69) is 26.4 Å². The Morgan fingerprint density at radius 2 is 1.86 bits per heavy atom. The van der Waals surface area contributed by atoms with E-state index >= 15 is 0 Å². The van der Waals surface area contributed by atoms with Gasteiger partial charge in [0.1, 0.15) is 17.3 Å². The predicted molar refractivity (Wildman–Crippen MR) is 160 cm³/mol. The quantitative estimate of drug-likeness (QED) is 0.283. The molecule has 0 radical (unpaired) electrons. The molecule has 5 rings (SSSR count). The summed E-state index contributed by atoms with van der Waals surface area (Å²) in [7, 11) is 1.59. The van der Waals surface area contributed by atoms with Crippen molar-refractivity contribution in [3.05, 3.63) is 47.3 Å². The van der Waals surface area contributed by atoms with Crippen LogP contribution in [0.2, 0.25) is 0 Å². The van der Waals surface area contributed by atoms with Crippen LogP contribution in [0.4, 0.5) is 10.5 Å². The fraction of sp³-hybridized carbons (Fsp3) is 0.581. The van der Waals surface area contributed by atoms with Gasteiger partial charge in [-0.2, -0.15) is 5.10 Å². The number of likely N-dealkylation sites (N-methyl/N-ethyl adjacent to an activating group) is 1. The molecule has 0 spiro atoms. The molecule has 5 amide bonds. The van der Waals surface area contributed by atoms with E-state index in [0.717, 1.165) is 43.2 Å². The number of aliphatic hydroxyl groups excluding tert-OH is 1. The standard InChI is InChI=1S/C31H43N7O5/c1-19(2)24-18-37(30(43)35-24)31(29(42)32-3)16-21-9-10-23(15-22(21)17-31)34-28(41)26(20-7-5-4-6-8-20)36-27(40)25-11-12-33-38(25)13-14-39/h9-12,15,19-20,24,26,39H,4-8,13-14,16-18H2,1-3H3,(H,32,42)(H,34,41)(H,35,43)(H,36,40)/t24-,26-,31?/m0/s1. The molecule has 43 heavy (non-hydrogen) atoms. The maximum absolute atomic E-state index is 13.7. The van der Waals surface area contributed by atoms with Crippen LogP contribution >= 0.6 is 0 Å². The summed E-state index contributed by atoms with van der Waals surface area (Å²) in [4.78, 5) is 55.0. The number of anilines is 1. The molecule has 3 aliphatic rings. The second kappa shape index (κ2) is 12.7. The molecule has 1 aromatic heterocycles. The van der Waals surface area contributed by atoms with Crippen LogP contribution in [0.1, 0.15) is 67.6 Å². The number of nitrogens with zero attached hydrogens (tertiary/aromatic N) is 3. The summed E-state index contributed by atoms with van der Waals surface area (Å²) in [6.45, 7) is 4.56.